The largest absolute Gasteiger partial charge is 0.492 e. The van der Waals surface area contributed by atoms with Gasteiger partial charge in [0.25, 0.3) is 0 Å². The first-order chi connectivity index (χ1) is 7.50. The number of hydrogen-bond donors (Lipinski definition) is 1. The van der Waals surface area contributed by atoms with E-state index < -0.39 is 6.10 Å². The van der Waals surface area contributed by atoms with Gasteiger partial charge in [-0.25, -0.2) is 4.39 Å². The molecule has 1 atom stereocenters. The lowest BCUT2D eigenvalue weighted by molar-refractivity contribution is 0.188. The van der Waals surface area contributed by atoms with Gasteiger partial charge >= 0.3 is 0 Å². The van der Waals surface area contributed by atoms with Gasteiger partial charge in [-0.2, -0.15) is 0 Å². The highest BCUT2D eigenvalue weighted by Crippen LogP contribution is 2.25. The van der Waals surface area contributed by atoms with Gasteiger partial charge in [-0.3, -0.25) is 0 Å². The average molecular weight is 227 g/mol. The highest BCUT2D eigenvalue weighted by molar-refractivity contribution is 5.35. The Morgan fingerprint density at radius 2 is 2.12 bits per heavy atom. The Kier molecular flexibility index (Phi) is 4.71. The second-order valence-corrected chi connectivity index (χ2v) is 4.01. The first-order valence-corrected chi connectivity index (χ1v) is 5.25. The van der Waals surface area contributed by atoms with Crippen LogP contribution >= 0.6 is 0 Å². The molecule has 16 heavy (non-hydrogen) atoms. The van der Waals surface area contributed by atoms with Crippen molar-refractivity contribution in [2.24, 2.45) is 0 Å². The first-order valence-electron chi connectivity index (χ1n) is 5.25. The molecular weight excluding hydrogens is 209 g/mol. The van der Waals surface area contributed by atoms with E-state index in [2.05, 4.69) is 0 Å². The molecule has 0 unspecified atom stereocenters. The lowest BCUT2D eigenvalue weighted by Gasteiger charge is -2.15. The predicted octanol–water partition coefficient (Wildman–Crippen LogP) is 1.82. The number of nitrogens with zero attached hydrogens (tertiary/aromatic N) is 1. The van der Waals surface area contributed by atoms with Gasteiger partial charge < -0.3 is 14.7 Å². The summed E-state index contributed by atoms with van der Waals surface area (Å²) < 4.78 is 18.5. The van der Waals surface area contributed by atoms with Crippen LogP contribution in [0, 0.1) is 5.82 Å². The maximum absolute atomic E-state index is 13.0. The summed E-state index contributed by atoms with van der Waals surface area (Å²) in [4.78, 5) is 1.99. The molecule has 0 fully saturated rings. The van der Waals surface area contributed by atoms with E-state index in [1.807, 2.05) is 19.0 Å². The zero-order chi connectivity index (χ0) is 12.1. The van der Waals surface area contributed by atoms with Crippen molar-refractivity contribution in [1.29, 1.82) is 0 Å². The molecule has 0 bridgehead atoms. The van der Waals surface area contributed by atoms with Crippen LogP contribution in [0.3, 0.4) is 0 Å². The summed E-state index contributed by atoms with van der Waals surface area (Å²) in [6.45, 7) is 2.88. The fourth-order valence-corrected chi connectivity index (χ4v) is 1.32. The van der Waals surface area contributed by atoms with Gasteiger partial charge in [0.2, 0.25) is 0 Å². The topological polar surface area (TPSA) is 32.7 Å². The highest BCUT2D eigenvalue weighted by atomic mass is 19.1. The Morgan fingerprint density at radius 1 is 1.44 bits per heavy atom. The summed E-state index contributed by atoms with van der Waals surface area (Å²) in [5.74, 6) is 0.175. The Hall–Kier alpha value is -1.13. The molecule has 4 heteroatoms. The second kappa shape index (κ2) is 5.82. The van der Waals surface area contributed by atoms with Crippen LogP contribution < -0.4 is 4.74 Å². The van der Waals surface area contributed by atoms with E-state index in [4.69, 9.17) is 4.74 Å². The number of halogens is 1. The predicted molar refractivity (Wildman–Crippen MR) is 61.1 cm³/mol. The summed E-state index contributed by atoms with van der Waals surface area (Å²) in [6.07, 6.45) is -0.731. The third-order valence-corrected chi connectivity index (χ3v) is 2.22. The molecule has 0 aliphatic rings. The molecule has 0 radical (unpaired) electrons. The zero-order valence-corrected chi connectivity index (χ0v) is 9.90. The van der Waals surface area contributed by atoms with Crippen molar-refractivity contribution >= 4 is 0 Å². The first kappa shape index (κ1) is 12.9. The van der Waals surface area contributed by atoms with E-state index in [-0.39, 0.29) is 5.82 Å². The molecule has 1 aromatic carbocycles. The number of aliphatic hydroxyl groups excluding tert-OH is 1. The molecule has 0 aliphatic heterocycles. The van der Waals surface area contributed by atoms with Crippen LogP contribution in [0.1, 0.15) is 18.6 Å². The summed E-state index contributed by atoms with van der Waals surface area (Å²) in [5.41, 5.74) is 0.485. The Morgan fingerprint density at radius 3 is 2.69 bits per heavy atom. The summed E-state index contributed by atoms with van der Waals surface area (Å²) in [5, 5.41) is 9.48. The van der Waals surface area contributed by atoms with Crippen molar-refractivity contribution in [2.45, 2.75) is 13.0 Å². The van der Waals surface area contributed by atoms with Gasteiger partial charge in [0.1, 0.15) is 18.2 Å². The number of likely N-dealkylation sites (N-methyl/N-ethyl adjacent to an activating group) is 1. The van der Waals surface area contributed by atoms with Crippen LogP contribution in [0.4, 0.5) is 4.39 Å². The summed E-state index contributed by atoms with van der Waals surface area (Å²) >= 11 is 0. The molecule has 1 aromatic rings. The number of hydrogen-bond acceptors (Lipinski definition) is 3. The average Bonchev–Trinajstić information content (AvgIpc) is 2.19. The van der Waals surface area contributed by atoms with Crippen molar-refractivity contribution in [3.05, 3.63) is 29.6 Å². The fourth-order valence-electron chi connectivity index (χ4n) is 1.32. The maximum atomic E-state index is 13.0. The lowest BCUT2D eigenvalue weighted by atomic mass is 10.1. The van der Waals surface area contributed by atoms with E-state index >= 15 is 0 Å². The molecule has 0 saturated carbocycles. The van der Waals surface area contributed by atoms with Crippen LogP contribution in [0.5, 0.6) is 5.75 Å². The number of ether oxygens (including phenoxy) is 1. The third kappa shape index (κ3) is 3.79. The van der Waals surface area contributed by atoms with Gasteiger partial charge in [-0.15, -0.1) is 0 Å². The molecule has 0 spiro atoms. The van der Waals surface area contributed by atoms with Gasteiger partial charge in [0, 0.05) is 12.1 Å². The Labute approximate surface area is 95.5 Å². The van der Waals surface area contributed by atoms with Gasteiger partial charge in [-0.1, -0.05) is 0 Å². The minimum Gasteiger partial charge on any atom is -0.492 e. The maximum Gasteiger partial charge on any atom is 0.125 e. The molecule has 1 N–H and O–H groups in total. The quantitative estimate of drug-likeness (QED) is 0.832. The van der Waals surface area contributed by atoms with Crippen LogP contribution in [0.25, 0.3) is 0 Å². The minimum atomic E-state index is -0.731. The van der Waals surface area contributed by atoms with E-state index in [1.54, 1.807) is 13.0 Å². The summed E-state index contributed by atoms with van der Waals surface area (Å²) in [6, 6.07) is 4.18. The number of aliphatic hydroxyl groups is 1. The van der Waals surface area contributed by atoms with Crippen LogP contribution in [-0.2, 0) is 0 Å². The molecule has 90 valence electrons. The van der Waals surface area contributed by atoms with Crippen molar-refractivity contribution in [2.75, 3.05) is 27.2 Å². The summed E-state index contributed by atoms with van der Waals surface area (Å²) in [7, 11) is 3.90. The minimum absolute atomic E-state index is 0.365. The Balaban J connectivity index is 2.71. The zero-order valence-electron chi connectivity index (χ0n) is 9.90. The van der Waals surface area contributed by atoms with Crippen molar-refractivity contribution < 1.29 is 14.2 Å². The molecule has 0 saturated heterocycles. The van der Waals surface area contributed by atoms with E-state index in [0.717, 1.165) is 6.54 Å². The monoisotopic (exact) mass is 227 g/mol. The molecule has 3 nitrogen and oxygen atoms in total. The van der Waals surface area contributed by atoms with Crippen LogP contribution in [0.2, 0.25) is 0 Å². The standard InChI is InChI=1S/C12H18FNO2/c1-9(15)11-8-10(13)4-5-12(11)16-7-6-14(2)3/h4-5,8-9,15H,6-7H2,1-3H3/t9-/m1/s1. The number of rotatable bonds is 5. The molecular formula is C12H18FNO2. The molecule has 0 heterocycles. The smallest absolute Gasteiger partial charge is 0.125 e. The van der Waals surface area contributed by atoms with E-state index in [9.17, 15) is 9.50 Å². The lowest BCUT2D eigenvalue weighted by Crippen LogP contribution is -2.19. The normalized spacial score (nSPS) is 12.9. The van der Waals surface area contributed by atoms with Gasteiger partial charge in [0.15, 0.2) is 0 Å². The van der Waals surface area contributed by atoms with Crippen LogP contribution in [0.15, 0.2) is 18.2 Å². The van der Waals surface area contributed by atoms with Crippen molar-refractivity contribution in [3.8, 4) is 5.75 Å². The van der Waals surface area contributed by atoms with Crippen molar-refractivity contribution in [1.82, 2.24) is 4.90 Å². The SMILES string of the molecule is C[C@@H](O)c1cc(F)ccc1OCCN(C)C. The number of benzene rings is 1. The van der Waals surface area contributed by atoms with Gasteiger partial charge in [0.05, 0.1) is 6.10 Å². The third-order valence-electron chi connectivity index (χ3n) is 2.22. The second-order valence-electron chi connectivity index (χ2n) is 4.01. The fraction of sp³-hybridized carbons (Fsp3) is 0.500. The molecule has 0 aromatic heterocycles. The van der Waals surface area contributed by atoms with Gasteiger partial charge in [-0.05, 0) is 39.2 Å². The highest BCUT2D eigenvalue weighted by Gasteiger charge is 2.10. The molecule has 0 amide bonds. The van der Waals surface area contributed by atoms with E-state index in [1.165, 1.54) is 12.1 Å². The van der Waals surface area contributed by atoms with Crippen LogP contribution in [-0.4, -0.2) is 37.3 Å². The molecule has 1 rings (SSSR count). The van der Waals surface area contributed by atoms with E-state index in [0.29, 0.717) is 17.9 Å². The Bertz CT molecular complexity index is 340. The molecule has 0 aliphatic carbocycles. The van der Waals surface area contributed by atoms with Crippen molar-refractivity contribution in [3.63, 3.8) is 0 Å².